The molecule has 102 valence electrons. The fourth-order valence-electron chi connectivity index (χ4n) is 2.20. The van der Waals surface area contributed by atoms with Gasteiger partial charge >= 0.3 is 0 Å². The number of primary amides is 1. The zero-order valence-corrected chi connectivity index (χ0v) is 10.8. The van der Waals surface area contributed by atoms with E-state index >= 15 is 0 Å². The third-order valence-electron chi connectivity index (χ3n) is 3.20. The molecule has 4 N–H and O–H groups in total. The van der Waals surface area contributed by atoms with Crippen LogP contribution in [0, 0.1) is 0 Å². The van der Waals surface area contributed by atoms with Crippen LogP contribution < -0.4 is 16.4 Å². The van der Waals surface area contributed by atoms with Crippen LogP contribution in [0.3, 0.4) is 0 Å². The van der Waals surface area contributed by atoms with Crippen LogP contribution in [-0.2, 0) is 9.53 Å². The van der Waals surface area contributed by atoms with Gasteiger partial charge in [-0.15, -0.1) is 0 Å². The molecule has 6 nitrogen and oxygen atoms in total. The maximum Gasteiger partial charge on any atom is 0.242 e. The lowest BCUT2D eigenvalue weighted by molar-refractivity contribution is -0.121. The molecule has 0 aliphatic carbocycles. The summed E-state index contributed by atoms with van der Waals surface area (Å²) in [7, 11) is 0. The van der Waals surface area contributed by atoms with E-state index in [2.05, 4.69) is 0 Å². The van der Waals surface area contributed by atoms with Gasteiger partial charge in [0.25, 0.3) is 0 Å². The highest BCUT2D eigenvalue weighted by atomic mass is 16.5. The summed E-state index contributed by atoms with van der Waals surface area (Å²) in [5, 5.41) is 0. The van der Waals surface area contributed by atoms with Crippen molar-refractivity contribution in [3.63, 3.8) is 0 Å². The van der Waals surface area contributed by atoms with Crippen LogP contribution >= 0.6 is 0 Å². The van der Waals surface area contributed by atoms with Crippen molar-refractivity contribution >= 4 is 23.1 Å². The van der Waals surface area contributed by atoms with E-state index in [4.69, 9.17) is 16.2 Å². The van der Waals surface area contributed by atoms with Crippen molar-refractivity contribution < 1.29 is 14.3 Å². The van der Waals surface area contributed by atoms with Crippen molar-refractivity contribution in [1.82, 2.24) is 0 Å². The molecule has 6 heteroatoms. The Morgan fingerprint density at radius 1 is 1.42 bits per heavy atom. The van der Waals surface area contributed by atoms with Crippen LogP contribution in [0.1, 0.15) is 17.3 Å². The number of benzene rings is 1. The molecular formula is C13H17N3O3. The van der Waals surface area contributed by atoms with Crippen LogP contribution in [0.5, 0.6) is 0 Å². The Hall–Kier alpha value is -2.08. The second-order valence-corrected chi connectivity index (χ2v) is 4.51. The topological polar surface area (TPSA) is 98.6 Å². The van der Waals surface area contributed by atoms with Gasteiger partial charge in [0.15, 0.2) is 5.78 Å². The van der Waals surface area contributed by atoms with Gasteiger partial charge in [-0.05, 0) is 25.1 Å². The number of hydrogen-bond donors (Lipinski definition) is 2. The quantitative estimate of drug-likeness (QED) is 0.598. The molecule has 1 aromatic carbocycles. The minimum absolute atomic E-state index is 0.0857. The molecule has 1 saturated heterocycles. The third kappa shape index (κ3) is 2.68. The van der Waals surface area contributed by atoms with Gasteiger partial charge in [0.2, 0.25) is 5.91 Å². The summed E-state index contributed by atoms with van der Waals surface area (Å²) in [6.45, 7) is 2.82. The Labute approximate surface area is 111 Å². The number of hydrogen-bond acceptors (Lipinski definition) is 5. The molecule has 0 radical (unpaired) electrons. The lowest BCUT2D eigenvalue weighted by Gasteiger charge is -2.35. The van der Waals surface area contributed by atoms with Crippen molar-refractivity contribution in [1.29, 1.82) is 0 Å². The van der Waals surface area contributed by atoms with E-state index in [1.807, 2.05) is 4.90 Å². The lowest BCUT2D eigenvalue weighted by atomic mass is 10.1. The van der Waals surface area contributed by atoms with Crippen molar-refractivity contribution in [3.05, 3.63) is 23.8 Å². The molecule has 0 bridgehead atoms. The molecule has 1 atom stereocenters. The molecule has 1 fully saturated rings. The molecule has 1 heterocycles. The van der Waals surface area contributed by atoms with E-state index < -0.39 is 11.9 Å². The highest BCUT2D eigenvalue weighted by molar-refractivity contribution is 5.99. The maximum atomic E-state index is 11.4. The highest BCUT2D eigenvalue weighted by Crippen LogP contribution is 2.25. The van der Waals surface area contributed by atoms with Gasteiger partial charge in [-0.1, -0.05) is 0 Å². The second kappa shape index (κ2) is 5.27. The second-order valence-electron chi connectivity index (χ2n) is 4.51. The number of nitrogens with zero attached hydrogens (tertiary/aromatic N) is 1. The number of ketones is 1. The van der Waals surface area contributed by atoms with E-state index in [1.54, 1.807) is 18.2 Å². The number of ether oxygens (including phenoxy) is 1. The van der Waals surface area contributed by atoms with Crippen LogP contribution in [0.15, 0.2) is 18.2 Å². The molecule has 0 aromatic heterocycles. The molecule has 1 amide bonds. The summed E-state index contributed by atoms with van der Waals surface area (Å²) in [5.41, 5.74) is 12.9. The minimum Gasteiger partial charge on any atom is -0.398 e. The summed E-state index contributed by atoms with van der Waals surface area (Å²) in [6.07, 6.45) is 0. The Balaban J connectivity index is 2.32. The Morgan fingerprint density at radius 2 is 2.16 bits per heavy atom. The van der Waals surface area contributed by atoms with Gasteiger partial charge in [0, 0.05) is 23.5 Å². The molecule has 1 aromatic rings. The Kier molecular flexibility index (Phi) is 3.71. The predicted octanol–water partition coefficient (Wildman–Crippen LogP) is 0.162. The van der Waals surface area contributed by atoms with Gasteiger partial charge in [-0.3, -0.25) is 9.59 Å². The first-order valence-corrected chi connectivity index (χ1v) is 6.05. The van der Waals surface area contributed by atoms with Gasteiger partial charge in [0.05, 0.1) is 13.2 Å². The zero-order valence-electron chi connectivity index (χ0n) is 10.8. The summed E-state index contributed by atoms with van der Waals surface area (Å²) in [6, 6.07) is 4.63. The SMILES string of the molecule is CC(=O)c1ccc(N2CCOCC2C(N)=O)cc1N. The number of nitrogen functional groups attached to an aromatic ring is 1. The van der Waals surface area contributed by atoms with Crippen molar-refractivity contribution in [2.45, 2.75) is 13.0 Å². The first-order chi connectivity index (χ1) is 9.00. The first-order valence-electron chi connectivity index (χ1n) is 6.05. The van der Waals surface area contributed by atoms with E-state index in [-0.39, 0.29) is 12.4 Å². The normalized spacial score (nSPS) is 19.2. The molecule has 19 heavy (non-hydrogen) atoms. The summed E-state index contributed by atoms with van der Waals surface area (Å²) in [5.74, 6) is -0.522. The highest BCUT2D eigenvalue weighted by Gasteiger charge is 2.28. The molecule has 2 rings (SSSR count). The van der Waals surface area contributed by atoms with Gasteiger partial charge in [-0.2, -0.15) is 0 Å². The molecular weight excluding hydrogens is 246 g/mol. The predicted molar refractivity (Wildman–Crippen MR) is 72.0 cm³/mol. The van der Waals surface area contributed by atoms with E-state index in [1.165, 1.54) is 6.92 Å². The average Bonchev–Trinajstić information content (AvgIpc) is 2.38. The fraction of sp³-hybridized carbons (Fsp3) is 0.385. The number of Topliss-reactive ketones (excluding diaryl/α,β-unsaturated/α-hetero) is 1. The molecule has 1 unspecified atom stereocenters. The van der Waals surface area contributed by atoms with E-state index in [0.29, 0.717) is 24.4 Å². The van der Waals surface area contributed by atoms with Crippen molar-refractivity contribution in [2.24, 2.45) is 5.73 Å². The first kappa shape index (κ1) is 13.4. The van der Waals surface area contributed by atoms with E-state index in [0.717, 1.165) is 5.69 Å². The minimum atomic E-state index is -0.503. The number of carbonyl (C=O) groups is 2. The lowest BCUT2D eigenvalue weighted by Crippen LogP contribution is -2.52. The van der Waals surface area contributed by atoms with Crippen LogP contribution in [-0.4, -0.2) is 37.5 Å². The van der Waals surface area contributed by atoms with Crippen LogP contribution in [0.4, 0.5) is 11.4 Å². The van der Waals surface area contributed by atoms with Crippen molar-refractivity contribution in [2.75, 3.05) is 30.4 Å². The maximum absolute atomic E-state index is 11.4. The number of carbonyl (C=O) groups excluding carboxylic acids is 2. The third-order valence-corrected chi connectivity index (χ3v) is 3.20. The van der Waals surface area contributed by atoms with E-state index in [9.17, 15) is 9.59 Å². The standard InChI is InChI=1S/C13H17N3O3/c1-8(17)10-3-2-9(6-11(10)14)16-4-5-19-7-12(16)13(15)18/h2-3,6,12H,4-5,7,14H2,1H3,(H2,15,18). The van der Waals surface area contributed by atoms with Gasteiger partial charge < -0.3 is 21.1 Å². The number of rotatable bonds is 3. The summed E-state index contributed by atoms with van der Waals surface area (Å²) in [4.78, 5) is 24.6. The van der Waals surface area contributed by atoms with Crippen LogP contribution in [0.25, 0.3) is 0 Å². The fourth-order valence-corrected chi connectivity index (χ4v) is 2.20. The Bertz CT molecular complexity index is 516. The number of amides is 1. The van der Waals surface area contributed by atoms with Crippen molar-refractivity contribution in [3.8, 4) is 0 Å². The number of morpholine rings is 1. The molecule has 1 aliphatic rings. The summed E-state index contributed by atoms with van der Waals surface area (Å²) < 4.78 is 5.26. The zero-order chi connectivity index (χ0) is 14.0. The monoisotopic (exact) mass is 263 g/mol. The summed E-state index contributed by atoms with van der Waals surface area (Å²) >= 11 is 0. The molecule has 1 aliphatic heterocycles. The van der Waals surface area contributed by atoms with Gasteiger partial charge in [-0.25, -0.2) is 0 Å². The molecule has 0 saturated carbocycles. The average molecular weight is 263 g/mol. The number of nitrogens with two attached hydrogens (primary N) is 2. The Morgan fingerprint density at radius 3 is 2.74 bits per heavy atom. The molecule has 0 spiro atoms. The smallest absolute Gasteiger partial charge is 0.242 e. The number of anilines is 2. The largest absolute Gasteiger partial charge is 0.398 e. The van der Waals surface area contributed by atoms with Crippen LogP contribution in [0.2, 0.25) is 0 Å². The van der Waals surface area contributed by atoms with Gasteiger partial charge in [0.1, 0.15) is 6.04 Å².